The van der Waals surface area contributed by atoms with Crippen LogP contribution in [0, 0.1) is 11.3 Å². The number of amides is 1. The number of rotatable bonds is 7. The zero-order valence-corrected chi connectivity index (χ0v) is 22.7. The third-order valence-corrected chi connectivity index (χ3v) is 7.03. The molecule has 1 aromatic carbocycles. The second-order valence-corrected chi connectivity index (χ2v) is 9.50. The Balaban J connectivity index is 0.00000353. The second-order valence-electron chi connectivity index (χ2n) is 9.50. The molecule has 0 radical (unpaired) electrons. The summed E-state index contributed by atoms with van der Waals surface area (Å²) in [5.41, 5.74) is 2.20. The van der Waals surface area contributed by atoms with Gasteiger partial charge in [-0.05, 0) is 61.7 Å². The zero-order valence-electron chi connectivity index (χ0n) is 21.9. The van der Waals surface area contributed by atoms with Gasteiger partial charge in [-0.2, -0.15) is 5.26 Å². The number of allylic oxidation sites excluding steroid dienone is 4. The minimum absolute atomic E-state index is 0. The molecule has 0 N–H and O–H groups in total. The molecule has 3 heterocycles. The summed E-state index contributed by atoms with van der Waals surface area (Å²) in [6.07, 6.45) is 13.3. The highest BCUT2D eigenvalue weighted by atomic mass is 35.5. The fourth-order valence-electron chi connectivity index (χ4n) is 4.79. The smallest absolute Gasteiger partial charge is 0.259 e. The zero-order chi connectivity index (χ0) is 26.3. The van der Waals surface area contributed by atoms with Crippen LogP contribution in [0.3, 0.4) is 0 Å². The van der Waals surface area contributed by atoms with E-state index < -0.39 is 0 Å². The van der Waals surface area contributed by atoms with E-state index in [2.05, 4.69) is 46.0 Å². The quantitative estimate of drug-likeness (QED) is 0.484. The number of ether oxygens (including phenoxy) is 2. The highest BCUT2D eigenvalue weighted by Crippen LogP contribution is 2.27. The van der Waals surface area contributed by atoms with E-state index in [-0.39, 0.29) is 24.4 Å². The van der Waals surface area contributed by atoms with E-state index in [9.17, 15) is 4.79 Å². The number of piperazine rings is 1. The molecule has 1 aliphatic carbocycles. The molecule has 0 spiro atoms. The van der Waals surface area contributed by atoms with Gasteiger partial charge in [0.2, 0.25) is 5.88 Å². The lowest BCUT2D eigenvalue weighted by molar-refractivity contribution is 0.0690. The molecule has 0 bridgehead atoms. The van der Waals surface area contributed by atoms with Crippen molar-refractivity contribution in [3.8, 4) is 6.07 Å². The minimum Gasteiger partial charge on any atom is -0.456 e. The first-order valence-corrected chi connectivity index (χ1v) is 12.9. The average Bonchev–Trinajstić information content (AvgIpc) is 3.00. The number of nitriles is 1. The molecule has 2 aromatic rings. The number of nitrogens with zero attached hydrogens (tertiary/aromatic N) is 5. The van der Waals surface area contributed by atoms with Crippen LogP contribution >= 0.6 is 12.4 Å². The van der Waals surface area contributed by atoms with Crippen molar-refractivity contribution in [2.75, 3.05) is 37.6 Å². The topological polar surface area (TPSA) is 81.9 Å². The van der Waals surface area contributed by atoms with Gasteiger partial charge in [0.05, 0.1) is 11.6 Å². The molecule has 0 saturated carbocycles. The molecular weight excluding hydrogens is 514 g/mol. The SMILES string of the molecule is C[C@H](CN(C(=O)c1ccc(C#N)cc1)c1ccccn1)N1CCN(C2=COC(C3=CC=CCC3)=CO2)CC1.Cl. The van der Waals surface area contributed by atoms with Crippen LogP contribution in [-0.4, -0.2) is 59.5 Å². The lowest BCUT2D eigenvalue weighted by Gasteiger charge is -2.40. The van der Waals surface area contributed by atoms with Gasteiger partial charge in [0.15, 0.2) is 12.0 Å². The van der Waals surface area contributed by atoms with Crippen LogP contribution in [0.25, 0.3) is 0 Å². The van der Waals surface area contributed by atoms with Crippen molar-refractivity contribution in [3.05, 3.63) is 108 Å². The third-order valence-electron chi connectivity index (χ3n) is 7.03. The van der Waals surface area contributed by atoms with Crippen molar-refractivity contribution in [1.82, 2.24) is 14.8 Å². The number of carbonyl (C=O) groups is 1. The Labute approximate surface area is 235 Å². The minimum atomic E-state index is -0.136. The van der Waals surface area contributed by atoms with Crippen molar-refractivity contribution in [3.63, 3.8) is 0 Å². The molecule has 2 aliphatic heterocycles. The summed E-state index contributed by atoms with van der Waals surface area (Å²) >= 11 is 0. The van der Waals surface area contributed by atoms with Crippen molar-refractivity contribution < 1.29 is 14.3 Å². The van der Waals surface area contributed by atoms with E-state index in [1.54, 1.807) is 47.9 Å². The van der Waals surface area contributed by atoms with Crippen molar-refractivity contribution in [2.24, 2.45) is 0 Å². The van der Waals surface area contributed by atoms with Gasteiger partial charge >= 0.3 is 0 Å². The number of benzene rings is 1. The fraction of sp³-hybridized carbons (Fsp3) is 0.300. The molecule has 39 heavy (non-hydrogen) atoms. The van der Waals surface area contributed by atoms with Crippen LogP contribution in [0.2, 0.25) is 0 Å². The Morgan fingerprint density at radius 1 is 1.10 bits per heavy atom. The van der Waals surface area contributed by atoms with Crippen LogP contribution < -0.4 is 4.90 Å². The van der Waals surface area contributed by atoms with E-state index in [1.807, 2.05) is 18.2 Å². The van der Waals surface area contributed by atoms with Crippen LogP contribution in [0.15, 0.2) is 96.6 Å². The molecular formula is C30H32ClN5O3. The molecule has 1 fully saturated rings. The molecule has 8 nitrogen and oxygen atoms in total. The Kier molecular flexibility index (Phi) is 9.42. The maximum Gasteiger partial charge on any atom is 0.259 e. The first-order chi connectivity index (χ1) is 18.6. The lowest BCUT2D eigenvalue weighted by Crippen LogP contribution is -2.53. The molecule has 3 aliphatic rings. The summed E-state index contributed by atoms with van der Waals surface area (Å²) in [4.78, 5) is 24.2. The van der Waals surface area contributed by atoms with Crippen LogP contribution in [0.5, 0.6) is 0 Å². The fourth-order valence-corrected chi connectivity index (χ4v) is 4.79. The molecule has 1 saturated heterocycles. The van der Waals surface area contributed by atoms with Crippen LogP contribution in [0.4, 0.5) is 5.82 Å². The van der Waals surface area contributed by atoms with Gasteiger partial charge in [0.1, 0.15) is 12.1 Å². The summed E-state index contributed by atoms with van der Waals surface area (Å²) < 4.78 is 11.8. The molecule has 0 unspecified atom stereocenters. The maximum absolute atomic E-state index is 13.5. The van der Waals surface area contributed by atoms with Crippen LogP contribution in [-0.2, 0) is 9.47 Å². The molecule has 202 valence electrons. The highest BCUT2D eigenvalue weighted by Gasteiger charge is 2.28. The van der Waals surface area contributed by atoms with E-state index in [0.717, 1.165) is 56.2 Å². The van der Waals surface area contributed by atoms with Crippen LogP contribution in [0.1, 0.15) is 35.7 Å². The normalized spacial score (nSPS) is 17.7. The first-order valence-electron chi connectivity index (χ1n) is 12.9. The number of carbonyl (C=O) groups excluding carboxylic acids is 1. The first kappa shape index (κ1) is 28.0. The Hall–Kier alpha value is -4.06. The number of anilines is 1. The number of hydrogen-bond donors (Lipinski definition) is 0. The van der Waals surface area contributed by atoms with Gasteiger partial charge in [0.25, 0.3) is 5.91 Å². The van der Waals surface area contributed by atoms with E-state index in [0.29, 0.717) is 23.5 Å². The average molecular weight is 546 g/mol. The maximum atomic E-state index is 13.5. The Morgan fingerprint density at radius 3 is 2.51 bits per heavy atom. The summed E-state index contributed by atoms with van der Waals surface area (Å²) in [6, 6.07) is 14.5. The molecule has 1 aromatic heterocycles. The molecule has 1 atom stereocenters. The standard InChI is InChI=1S/C30H31N5O3.ClH/c1-23(20-35(28-9-5-6-14-32-28)30(36)26-12-10-24(19-31)11-13-26)33-15-17-34(18-16-33)29-22-37-27(21-38-29)25-7-3-2-4-8-25;/h2-3,5-7,9-14,21-23H,4,8,15-18,20H2,1H3;1H/t23-;/m1./s1. The summed E-state index contributed by atoms with van der Waals surface area (Å²) in [5, 5.41) is 9.10. The predicted octanol–water partition coefficient (Wildman–Crippen LogP) is 4.99. The number of aromatic nitrogens is 1. The lowest BCUT2D eigenvalue weighted by atomic mass is 10.0. The van der Waals surface area contributed by atoms with Crippen molar-refractivity contribution >= 4 is 24.1 Å². The van der Waals surface area contributed by atoms with Gasteiger partial charge in [0, 0.05) is 50.5 Å². The van der Waals surface area contributed by atoms with Gasteiger partial charge in [-0.3, -0.25) is 14.6 Å². The summed E-state index contributed by atoms with van der Waals surface area (Å²) in [6.45, 7) is 5.87. The van der Waals surface area contributed by atoms with Crippen molar-refractivity contribution in [2.45, 2.75) is 25.8 Å². The number of hydrogen-bond acceptors (Lipinski definition) is 7. The molecule has 5 rings (SSSR count). The monoisotopic (exact) mass is 545 g/mol. The van der Waals surface area contributed by atoms with Gasteiger partial charge in [-0.1, -0.05) is 24.3 Å². The largest absolute Gasteiger partial charge is 0.456 e. The van der Waals surface area contributed by atoms with Crippen molar-refractivity contribution in [1.29, 1.82) is 5.26 Å². The van der Waals surface area contributed by atoms with Gasteiger partial charge < -0.3 is 14.4 Å². The van der Waals surface area contributed by atoms with E-state index >= 15 is 0 Å². The summed E-state index contributed by atoms with van der Waals surface area (Å²) in [5.74, 6) is 1.96. The summed E-state index contributed by atoms with van der Waals surface area (Å²) in [7, 11) is 0. The Morgan fingerprint density at radius 2 is 1.90 bits per heavy atom. The predicted molar refractivity (Wildman–Crippen MR) is 152 cm³/mol. The number of pyridine rings is 1. The number of halogens is 1. The van der Waals surface area contributed by atoms with E-state index in [1.165, 1.54) is 0 Å². The second kappa shape index (κ2) is 13.1. The molecule has 9 heteroatoms. The van der Waals surface area contributed by atoms with E-state index in [4.69, 9.17) is 14.7 Å². The van der Waals surface area contributed by atoms with Gasteiger partial charge in [-0.25, -0.2) is 4.98 Å². The van der Waals surface area contributed by atoms with Gasteiger partial charge in [-0.15, -0.1) is 12.4 Å². The highest BCUT2D eigenvalue weighted by molar-refractivity contribution is 6.05. The molecule has 1 amide bonds. The third kappa shape index (κ3) is 6.69. The Bertz CT molecular complexity index is 1310.